The molecule has 4 nitrogen and oxygen atoms in total. The number of hydrogen-bond donors (Lipinski definition) is 0. The molecule has 0 atom stereocenters. The molecule has 0 radical (unpaired) electrons. The normalized spacial score (nSPS) is 15.2. The summed E-state index contributed by atoms with van der Waals surface area (Å²) in [6.07, 6.45) is 3.48. The van der Waals surface area contributed by atoms with Gasteiger partial charge >= 0.3 is 0 Å². The number of benzene rings is 2. The van der Waals surface area contributed by atoms with Crippen molar-refractivity contribution >= 4 is 29.0 Å². The molecule has 1 aliphatic rings. The molecule has 4 rings (SSSR count). The fraction of sp³-hybridized carbons (Fsp3) is 0.286. The van der Waals surface area contributed by atoms with Crippen molar-refractivity contribution in [3.8, 4) is 5.69 Å². The average Bonchev–Trinajstić information content (AvgIpc) is 3.18. The smallest absolute Gasteiger partial charge is 0.293 e. The van der Waals surface area contributed by atoms with Gasteiger partial charge in [-0.3, -0.25) is 14.5 Å². The van der Waals surface area contributed by atoms with Crippen molar-refractivity contribution in [1.82, 2.24) is 9.47 Å². The minimum absolute atomic E-state index is 0.182. The number of aryl methyl sites for hydroxylation is 5. The predicted octanol–water partition coefficient (Wildman–Crippen LogP) is 6.69. The van der Waals surface area contributed by atoms with E-state index in [0.717, 1.165) is 41.6 Å². The first-order valence-electron chi connectivity index (χ1n) is 11.3. The second-order valence-electron chi connectivity index (χ2n) is 8.83. The zero-order chi connectivity index (χ0) is 23.7. The first-order valence-corrected chi connectivity index (χ1v) is 12.1. The van der Waals surface area contributed by atoms with Crippen molar-refractivity contribution in [2.45, 2.75) is 47.5 Å². The lowest BCUT2D eigenvalue weighted by atomic mass is 10.0. The van der Waals surface area contributed by atoms with Crippen LogP contribution < -0.4 is 0 Å². The standard InChI is InChI=1S/C28H30N2O2S/c1-18-14-19(2)26(20(3)15-18)30-21(4)16-24(22(30)5)17-25-27(31)29(28(32)33-25)13-9-12-23-10-7-6-8-11-23/h6-8,10-11,14-17H,9,12-13H2,1-5H3/b25-17+. The van der Waals surface area contributed by atoms with Crippen LogP contribution in [0.3, 0.4) is 0 Å². The highest BCUT2D eigenvalue weighted by atomic mass is 32.2. The highest BCUT2D eigenvalue weighted by Crippen LogP contribution is 2.34. The minimum Gasteiger partial charge on any atom is -0.317 e. The highest BCUT2D eigenvalue weighted by Gasteiger charge is 2.34. The van der Waals surface area contributed by atoms with E-state index in [1.807, 2.05) is 24.3 Å². The van der Waals surface area contributed by atoms with Gasteiger partial charge in [0, 0.05) is 17.9 Å². The van der Waals surface area contributed by atoms with Gasteiger partial charge in [0.05, 0.1) is 10.6 Å². The van der Waals surface area contributed by atoms with Gasteiger partial charge < -0.3 is 4.57 Å². The van der Waals surface area contributed by atoms with E-state index in [1.54, 1.807) is 0 Å². The van der Waals surface area contributed by atoms with Crippen LogP contribution in [0.4, 0.5) is 4.79 Å². The van der Waals surface area contributed by atoms with Crippen molar-refractivity contribution in [3.63, 3.8) is 0 Å². The van der Waals surface area contributed by atoms with Gasteiger partial charge in [-0.25, -0.2) is 0 Å². The van der Waals surface area contributed by atoms with Gasteiger partial charge in [-0.2, -0.15) is 0 Å². The monoisotopic (exact) mass is 458 g/mol. The van der Waals surface area contributed by atoms with E-state index in [1.165, 1.54) is 32.8 Å². The molecule has 0 saturated carbocycles. The van der Waals surface area contributed by atoms with Crippen LogP contribution in [0.25, 0.3) is 11.8 Å². The van der Waals surface area contributed by atoms with E-state index >= 15 is 0 Å². The summed E-state index contributed by atoms with van der Waals surface area (Å²) in [5.41, 5.74) is 9.24. The van der Waals surface area contributed by atoms with Crippen LogP contribution in [0.1, 0.15) is 45.6 Å². The average molecular weight is 459 g/mol. The van der Waals surface area contributed by atoms with E-state index in [2.05, 4.69) is 69.5 Å². The van der Waals surface area contributed by atoms with Gasteiger partial charge in [-0.1, -0.05) is 48.0 Å². The molecule has 2 heterocycles. The number of aromatic nitrogens is 1. The lowest BCUT2D eigenvalue weighted by Crippen LogP contribution is -2.29. The fourth-order valence-electron chi connectivity index (χ4n) is 4.72. The molecular formula is C28H30N2O2S. The van der Waals surface area contributed by atoms with Gasteiger partial charge in [0.1, 0.15) is 0 Å². The second kappa shape index (κ2) is 9.44. The van der Waals surface area contributed by atoms with Gasteiger partial charge in [0.25, 0.3) is 11.1 Å². The molecule has 170 valence electrons. The predicted molar refractivity (Wildman–Crippen MR) is 137 cm³/mol. The number of imide groups is 1. The van der Waals surface area contributed by atoms with Gasteiger partial charge in [-0.15, -0.1) is 0 Å². The maximum Gasteiger partial charge on any atom is 0.293 e. The van der Waals surface area contributed by atoms with Crippen LogP contribution in [0, 0.1) is 34.6 Å². The Balaban J connectivity index is 1.56. The van der Waals surface area contributed by atoms with Gasteiger partial charge in [0.15, 0.2) is 0 Å². The third-order valence-electron chi connectivity index (χ3n) is 6.18. The Hall–Kier alpha value is -3.05. The van der Waals surface area contributed by atoms with E-state index < -0.39 is 0 Å². The molecule has 1 aliphatic heterocycles. The number of carbonyl (C=O) groups excluding carboxylic acids is 2. The quantitative estimate of drug-likeness (QED) is 0.387. The van der Waals surface area contributed by atoms with Crippen molar-refractivity contribution in [2.75, 3.05) is 6.54 Å². The van der Waals surface area contributed by atoms with E-state index in [9.17, 15) is 9.59 Å². The Morgan fingerprint density at radius 3 is 2.24 bits per heavy atom. The fourth-order valence-corrected chi connectivity index (χ4v) is 5.58. The summed E-state index contributed by atoms with van der Waals surface area (Å²) >= 11 is 1.04. The minimum atomic E-state index is -0.189. The zero-order valence-corrected chi connectivity index (χ0v) is 20.8. The molecule has 0 unspecified atom stereocenters. The Labute approximate surface area is 200 Å². The van der Waals surface area contributed by atoms with Gasteiger partial charge in [-0.05, 0) is 93.6 Å². The Morgan fingerprint density at radius 1 is 0.909 bits per heavy atom. The van der Waals surface area contributed by atoms with E-state index in [4.69, 9.17) is 0 Å². The Morgan fingerprint density at radius 2 is 1.58 bits per heavy atom. The topological polar surface area (TPSA) is 42.3 Å². The highest BCUT2D eigenvalue weighted by molar-refractivity contribution is 8.18. The lowest BCUT2D eigenvalue weighted by Gasteiger charge is -2.17. The summed E-state index contributed by atoms with van der Waals surface area (Å²) in [5.74, 6) is -0.189. The molecule has 5 heteroatoms. The lowest BCUT2D eigenvalue weighted by molar-refractivity contribution is -0.122. The van der Waals surface area contributed by atoms with Crippen LogP contribution in [0.15, 0.2) is 53.4 Å². The summed E-state index contributed by atoms with van der Waals surface area (Å²) in [6.45, 7) is 11.0. The van der Waals surface area contributed by atoms with Crippen LogP contribution in [0.2, 0.25) is 0 Å². The number of amides is 2. The van der Waals surface area contributed by atoms with Gasteiger partial charge in [0.2, 0.25) is 0 Å². The van der Waals surface area contributed by atoms with Crippen LogP contribution >= 0.6 is 11.8 Å². The summed E-state index contributed by atoms with van der Waals surface area (Å²) in [6, 6.07) is 16.6. The van der Waals surface area contributed by atoms with Crippen molar-refractivity contribution < 1.29 is 9.59 Å². The summed E-state index contributed by atoms with van der Waals surface area (Å²) < 4.78 is 2.25. The van der Waals surface area contributed by atoms with E-state index in [0.29, 0.717) is 11.4 Å². The maximum absolute atomic E-state index is 13.0. The molecule has 2 aromatic carbocycles. The molecule has 0 bridgehead atoms. The molecule has 0 N–H and O–H groups in total. The Bertz CT molecular complexity index is 1230. The summed E-state index contributed by atoms with van der Waals surface area (Å²) in [7, 11) is 0. The molecule has 2 amide bonds. The largest absolute Gasteiger partial charge is 0.317 e. The van der Waals surface area contributed by atoms with Crippen LogP contribution in [-0.2, 0) is 11.2 Å². The first kappa shape index (κ1) is 23.1. The van der Waals surface area contributed by atoms with Crippen molar-refractivity contribution in [1.29, 1.82) is 0 Å². The zero-order valence-electron chi connectivity index (χ0n) is 19.9. The van der Waals surface area contributed by atoms with Crippen LogP contribution in [-0.4, -0.2) is 27.2 Å². The number of thioether (sulfide) groups is 1. The SMILES string of the molecule is Cc1cc(C)c(-n2c(C)cc(/C=C3/SC(=O)N(CCCc4ccccc4)C3=O)c2C)c(C)c1. The molecular weight excluding hydrogens is 428 g/mol. The maximum atomic E-state index is 13.0. The number of hydrogen-bond acceptors (Lipinski definition) is 3. The number of nitrogens with zero attached hydrogens (tertiary/aromatic N) is 2. The Kier molecular flexibility index (Phi) is 6.61. The van der Waals surface area contributed by atoms with Crippen molar-refractivity contribution in [2.24, 2.45) is 0 Å². The molecule has 1 fully saturated rings. The summed E-state index contributed by atoms with van der Waals surface area (Å²) in [5, 5.41) is -0.182. The third kappa shape index (κ3) is 4.69. The number of rotatable bonds is 6. The number of carbonyl (C=O) groups is 2. The van der Waals surface area contributed by atoms with Crippen molar-refractivity contribution in [3.05, 3.63) is 92.6 Å². The molecule has 1 saturated heterocycles. The molecule has 1 aromatic heterocycles. The second-order valence-corrected chi connectivity index (χ2v) is 9.82. The summed E-state index contributed by atoms with van der Waals surface area (Å²) in [4.78, 5) is 27.4. The first-order chi connectivity index (χ1) is 15.8. The molecule has 3 aromatic rings. The van der Waals surface area contributed by atoms with Crippen LogP contribution in [0.5, 0.6) is 0 Å². The molecule has 33 heavy (non-hydrogen) atoms. The third-order valence-corrected chi connectivity index (χ3v) is 7.09. The molecule has 0 aliphatic carbocycles. The van der Waals surface area contributed by atoms with E-state index in [-0.39, 0.29) is 11.1 Å². The molecule has 0 spiro atoms.